The molecule has 3 N–H and O–H groups in total. The second-order valence-corrected chi connectivity index (χ2v) is 6.96. The number of anilines is 2. The van der Waals surface area contributed by atoms with Gasteiger partial charge in [0, 0.05) is 20.2 Å². The smallest absolute Gasteiger partial charge is 0.330 e. The van der Waals surface area contributed by atoms with Crippen LogP contribution in [0.25, 0.3) is 0 Å². The number of hydrogen-bond acceptors (Lipinski definition) is 7. The first-order valence-corrected chi connectivity index (χ1v) is 9.33. The molecule has 2 rings (SSSR count). The summed E-state index contributed by atoms with van der Waals surface area (Å²) in [5, 5.41) is 8.84. The van der Waals surface area contributed by atoms with Crippen LogP contribution >= 0.6 is 0 Å². The number of nitrogens with zero attached hydrogens (tertiary/aromatic N) is 3. The number of nitrogens with two attached hydrogens (primary N) is 1. The van der Waals surface area contributed by atoms with Gasteiger partial charge in [0.2, 0.25) is 0 Å². The molecule has 0 radical (unpaired) electrons. The maximum atomic E-state index is 12.9. The van der Waals surface area contributed by atoms with Crippen molar-refractivity contribution in [3.05, 3.63) is 50.7 Å². The van der Waals surface area contributed by atoms with E-state index < -0.39 is 17.2 Å². The molecule has 1 heterocycles. The lowest BCUT2D eigenvalue weighted by Crippen LogP contribution is -2.44. The minimum Gasteiger partial charge on any atom is -0.484 e. The summed E-state index contributed by atoms with van der Waals surface area (Å²) >= 11 is 0. The first kappa shape index (κ1) is 22.7. The summed E-state index contributed by atoms with van der Waals surface area (Å²) in [5.41, 5.74) is 5.06. The molecule has 2 aromatic rings. The van der Waals surface area contributed by atoms with Crippen LogP contribution in [0, 0.1) is 17.2 Å². The van der Waals surface area contributed by atoms with Crippen LogP contribution in [0.2, 0.25) is 0 Å². The molecule has 1 amide bonds. The second kappa shape index (κ2) is 10.3. The third-order valence-corrected chi connectivity index (χ3v) is 4.20. The van der Waals surface area contributed by atoms with Crippen molar-refractivity contribution >= 4 is 17.4 Å². The minimum absolute atomic E-state index is 0.0409. The normalized spacial score (nSPS) is 10.6. The van der Waals surface area contributed by atoms with Gasteiger partial charge in [-0.05, 0) is 30.2 Å². The fourth-order valence-electron chi connectivity index (χ4n) is 2.78. The number of carbonyl (C=O) groups excluding carboxylic acids is 1. The number of methoxy groups -OCH3 is 1. The Morgan fingerprint density at radius 2 is 1.97 bits per heavy atom. The number of nitriles is 1. The first-order valence-electron chi connectivity index (χ1n) is 9.33. The second-order valence-electron chi connectivity index (χ2n) is 6.96. The van der Waals surface area contributed by atoms with Gasteiger partial charge in [-0.2, -0.15) is 5.26 Å². The van der Waals surface area contributed by atoms with Gasteiger partial charge in [0.25, 0.3) is 11.5 Å². The molecule has 0 atom stereocenters. The lowest BCUT2D eigenvalue weighted by atomic mass is 10.2. The number of benzene rings is 1. The standard InChI is InChI=1S/C20H25N5O5/c1-13(2)11-25-18(22)17(19(27)23-20(25)28)24(8-9-29-3)16(26)12-30-15-6-4-14(10-21)5-7-15/h4-7,13H,8-9,11-12,22H2,1-3H3,(H,23,27,28). The molecule has 1 aromatic carbocycles. The summed E-state index contributed by atoms with van der Waals surface area (Å²) in [6.07, 6.45) is 0. The molecule has 0 saturated heterocycles. The Morgan fingerprint density at radius 3 is 2.53 bits per heavy atom. The van der Waals surface area contributed by atoms with Gasteiger partial charge in [0.15, 0.2) is 12.3 Å². The summed E-state index contributed by atoms with van der Waals surface area (Å²) in [6, 6.07) is 8.25. The van der Waals surface area contributed by atoms with Gasteiger partial charge in [-0.25, -0.2) is 4.79 Å². The predicted octanol–water partition coefficient (Wildman–Crippen LogP) is 0.705. The van der Waals surface area contributed by atoms with E-state index in [9.17, 15) is 14.4 Å². The van der Waals surface area contributed by atoms with Gasteiger partial charge < -0.3 is 15.2 Å². The maximum absolute atomic E-state index is 12.9. The van der Waals surface area contributed by atoms with Crippen LogP contribution in [-0.4, -0.2) is 42.3 Å². The van der Waals surface area contributed by atoms with Crippen molar-refractivity contribution in [2.24, 2.45) is 5.92 Å². The van der Waals surface area contributed by atoms with Gasteiger partial charge >= 0.3 is 5.69 Å². The molecule has 30 heavy (non-hydrogen) atoms. The predicted molar refractivity (Wildman–Crippen MR) is 111 cm³/mol. The summed E-state index contributed by atoms with van der Waals surface area (Å²) < 4.78 is 11.8. The Morgan fingerprint density at radius 1 is 1.30 bits per heavy atom. The lowest BCUT2D eigenvalue weighted by molar-refractivity contribution is -0.120. The van der Waals surface area contributed by atoms with Crippen molar-refractivity contribution in [2.75, 3.05) is 37.5 Å². The van der Waals surface area contributed by atoms with E-state index in [0.29, 0.717) is 11.3 Å². The molecule has 0 aliphatic carbocycles. The van der Waals surface area contributed by atoms with Gasteiger partial charge in [-0.1, -0.05) is 13.8 Å². The van der Waals surface area contributed by atoms with Gasteiger partial charge in [0.1, 0.15) is 11.6 Å². The molecule has 160 valence electrons. The van der Waals surface area contributed by atoms with E-state index in [2.05, 4.69) is 4.98 Å². The van der Waals surface area contributed by atoms with E-state index in [-0.39, 0.29) is 43.7 Å². The maximum Gasteiger partial charge on any atom is 0.330 e. The number of nitrogens with one attached hydrogen (secondary N) is 1. The van der Waals surface area contributed by atoms with Crippen LogP contribution in [0.4, 0.5) is 11.5 Å². The van der Waals surface area contributed by atoms with Crippen molar-refractivity contribution in [1.29, 1.82) is 5.26 Å². The number of H-pyrrole nitrogens is 1. The topological polar surface area (TPSA) is 143 Å². The molecule has 1 aromatic heterocycles. The zero-order valence-corrected chi connectivity index (χ0v) is 17.2. The highest BCUT2D eigenvalue weighted by Gasteiger charge is 2.24. The highest BCUT2D eigenvalue weighted by molar-refractivity contribution is 5.96. The molecule has 0 aliphatic heterocycles. The van der Waals surface area contributed by atoms with Crippen LogP contribution in [-0.2, 0) is 16.1 Å². The minimum atomic E-state index is -0.764. The van der Waals surface area contributed by atoms with E-state index in [4.69, 9.17) is 20.5 Å². The fraction of sp³-hybridized carbons (Fsp3) is 0.400. The summed E-state index contributed by atoms with van der Waals surface area (Å²) in [5.74, 6) is -0.157. The number of hydrogen-bond donors (Lipinski definition) is 2. The third kappa shape index (κ3) is 5.48. The quantitative estimate of drug-likeness (QED) is 0.613. The van der Waals surface area contributed by atoms with Gasteiger partial charge in [0.05, 0.1) is 18.2 Å². The van der Waals surface area contributed by atoms with E-state index in [1.54, 1.807) is 24.3 Å². The van der Waals surface area contributed by atoms with Crippen LogP contribution in [0.1, 0.15) is 19.4 Å². The van der Waals surface area contributed by atoms with Crippen molar-refractivity contribution < 1.29 is 14.3 Å². The van der Waals surface area contributed by atoms with E-state index in [0.717, 1.165) is 4.90 Å². The number of aromatic amines is 1. The number of amides is 1. The molecule has 0 bridgehead atoms. The number of nitrogen functional groups attached to an aromatic ring is 1. The molecule has 10 heteroatoms. The Balaban J connectivity index is 2.34. The number of ether oxygens (including phenoxy) is 2. The summed E-state index contributed by atoms with van der Waals surface area (Å²) in [6.45, 7) is 3.89. The monoisotopic (exact) mass is 415 g/mol. The van der Waals surface area contributed by atoms with Gasteiger partial charge in [-0.3, -0.25) is 24.0 Å². The molecule has 0 unspecified atom stereocenters. The number of aromatic nitrogens is 2. The Bertz CT molecular complexity index is 1030. The molecular weight excluding hydrogens is 390 g/mol. The molecule has 0 spiro atoms. The molecular formula is C20H25N5O5. The van der Waals surface area contributed by atoms with Crippen LogP contribution in [0.5, 0.6) is 5.75 Å². The zero-order chi connectivity index (χ0) is 22.3. The van der Waals surface area contributed by atoms with E-state index >= 15 is 0 Å². The zero-order valence-electron chi connectivity index (χ0n) is 17.2. The average Bonchev–Trinajstić information content (AvgIpc) is 2.71. The van der Waals surface area contributed by atoms with Crippen molar-refractivity contribution in [2.45, 2.75) is 20.4 Å². The largest absolute Gasteiger partial charge is 0.484 e. The average molecular weight is 415 g/mol. The van der Waals surface area contributed by atoms with E-state index in [1.807, 2.05) is 19.9 Å². The summed E-state index contributed by atoms with van der Waals surface area (Å²) in [7, 11) is 1.46. The SMILES string of the molecule is COCCN(C(=O)COc1ccc(C#N)cc1)c1c(N)n(CC(C)C)c(=O)[nH]c1=O. The van der Waals surface area contributed by atoms with Gasteiger partial charge in [-0.15, -0.1) is 0 Å². The van der Waals surface area contributed by atoms with Crippen LogP contribution in [0.3, 0.4) is 0 Å². The third-order valence-electron chi connectivity index (χ3n) is 4.20. The first-order chi connectivity index (χ1) is 14.3. The molecule has 0 fully saturated rings. The van der Waals surface area contributed by atoms with Crippen molar-refractivity contribution in [3.63, 3.8) is 0 Å². The fourth-order valence-corrected chi connectivity index (χ4v) is 2.78. The highest BCUT2D eigenvalue weighted by Crippen LogP contribution is 2.18. The summed E-state index contributed by atoms with van der Waals surface area (Å²) in [4.78, 5) is 40.9. The number of carbonyl (C=O) groups is 1. The lowest BCUT2D eigenvalue weighted by Gasteiger charge is -2.24. The van der Waals surface area contributed by atoms with Crippen molar-refractivity contribution in [3.8, 4) is 11.8 Å². The molecule has 10 nitrogen and oxygen atoms in total. The van der Waals surface area contributed by atoms with Crippen LogP contribution in [0.15, 0.2) is 33.9 Å². The number of rotatable bonds is 9. The highest BCUT2D eigenvalue weighted by atomic mass is 16.5. The Labute approximate surface area is 173 Å². The van der Waals surface area contributed by atoms with Crippen molar-refractivity contribution in [1.82, 2.24) is 9.55 Å². The Hall–Kier alpha value is -3.58. The molecule has 0 aliphatic rings. The molecule has 0 saturated carbocycles. The Kier molecular flexibility index (Phi) is 7.77. The van der Waals surface area contributed by atoms with Crippen LogP contribution < -0.4 is 26.6 Å². The van der Waals surface area contributed by atoms with E-state index in [1.165, 1.54) is 11.7 Å².